The molecule has 1 aliphatic carbocycles. The Morgan fingerprint density at radius 2 is 2.06 bits per heavy atom. The number of rotatable bonds is 5. The van der Waals surface area contributed by atoms with Gasteiger partial charge in [-0.05, 0) is 39.2 Å². The molecule has 0 amide bonds. The van der Waals surface area contributed by atoms with Crippen LogP contribution in [0.3, 0.4) is 0 Å². The van der Waals surface area contributed by atoms with Crippen LogP contribution in [-0.4, -0.2) is 29.2 Å². The second-order valence-electron chi connectivity index (χ2n) is 4.35. The fourth-order valence-electron chi connectivity index (χ4n) is 1.94. The molecule has 0 aromatic carbocycles. The Morgan fingerprint density at radius 3 is 2.71 bits per heavy atom. The molecule has 1 heterocycles. The smallest absolute Gasteiger partial charge is 0.223 e. The predicted molar refractivity (Wildman–Crippen MR) is 64.1 cm³/mol. The lowest BCUT2D eigenvalue weighted by atomic mass is 9.82. The van der Waals surface area contributed by atoms with Crippen molar-refractivity contribution in [1.29, 1.82) is 0 Å². The van der Waals surface area contributed by atoms with Gasteiger partial charge in [-0.15, -0.1) is 0 Å². The molecular formula is C12H19N3O2. The summed E-state index contributed by atoms with van der Waals surface area (Å²) in [6.07, 6.45) is 3.76. The molecule has 0 radical (unpaired) electrons. The number of hydrogen-bond donors (Lipinski definition) is 1. The van der Waals surface area contributed by atoms with Gasteiger partial charge in [-0.3, -0.25) is 0 Å². The Balaban J connectivity index is 1.99. The molecule has 94 valence electrons. The van der Waals surface area contributed by atoms with Crippen molar-refractivity contribution in [3.8, 4) is 11.8 Å². The highest BCUT2D eigenvalue weighted by Gasteiger charge is 2.30. The SMILES string of the molecule is CCOc1ncnc(OC2CC(CN)C2)c1C. The minimum absolute atomic E-state index is 0.242. The average Bonchev–Trinajstić information content (AvgIpc) is 2.27. The van der Waals surface area contributed by atoms with Gasteiger partial charge in [0.05, 0.1) is 12.2 Å². The Kier molecular flexibility index (Phi) is 3.78. The van der Waals surface area contributed by atoms with Crippen molar-refractivity contribution >= 4 is 0 Å². The third-order valence-corrected chi connectivity index (χ3v) is 3.08. The second kappa shape index (κ2) is 5.31. The van der Waals surface area contributed by atoms with Crippen LogP contribution < -0.4 is 15.2 Å². The zero-order valence-corrected chi connectivity index (χ0v) is 10.3. The second-order valence-corrected chi connectivity index (χ2v) is 4.35. The molecule has 1 aromatic rings. The van der Waals surface area contributed by atoms with E-state index in [1.165, 1.54) is 6.33 Å². The predicted octanol–water partition coefficient (Wildman–Crippen LogP) is 1.30. The maximum Gasteiger partial charge on any atom is 0.223 e. The average molecular weight is 237 g/mol. The van der Waals surface area contributed by atoms with Crippen LogP contribution in [0.1, 0.15) is 25.3 Å². The molecule has 2 rings (SSSR count). The van der Waals surface area contributed by atoms with Gasteiger partial charge in [0.25, 0.3) is 0 Å². The van der Waals surface area contributed by atoms with E-state index in [1.54, 1.807) is 0 Å². The first kappa shape index (κ1) is 12.1. The number of nitrogens with zero attached hydrogens (tertiary/aromatic N) is 2. The highest BCUT2D eigenvalue weighted by molar-refractivity contribution is 5.32. The van der Waals surface area contributed by atoms with Gasteiger partial charge in [-0.2, -0.15) is 0 Å². The minimum atomic E-state index is 0.242. The summed E-state index contributed by atoms with van der Waals surface area (Å²) in [6, 6.07) is 0. The van der Waals surface area contributed by atoms with Crippen molar-refractivity contribution < 1.29 is 9.47 Å². The number of aromatic nitrogens is 2. The van der Waals surface area contributed by atoms with Crippen LogP contribution in [0.15, 0.2) is 6.33 Å². The fraction of sp³-hybridized carbons (Fsp3) is 0.667. The van der Waals surface area contributed by atoms with Crippen molar-refractivity contribution in [1.82, 2.24) is 9.97 Å². The summed E-state index contributed by atoms with van der Waals surface area (Å²) in [5.74, 6) is 1.84. The fourth-order valence-corrected chi connectivity index (χ4v) is 1.94. The molecule has 1 saturated carbocycles. The van der Waals surface area contributed by atoms with E-state index in [0.29, 0.717) is 24.3 Å². The van der Waals surface area contributed by atoms with Gasteiger partial charge >= 0.3 is 0 Å². The molecule has 0 bridgehead atoms. The van der Waals surface area contributed by atoms with E-state index in [2.05, 4.69) is 9.97 Å². The molecule has 5 heteroatoms. The third-order valence-electron chi connectivity index (χ3n) is 3.08. The Hall–Kier alpha value is -1.36. The van der Waals surface area contributed by atoms with E-state index in [-0.39, 0.29) is 6.10 Å². The van der Waals surface area contributed by atoms with Crippen LogP contribution in [0.2, 0.25) is 0 Å². The van der Waals surface area contributed by atoms with Crippen molar-refractivity contribution in [2.24, 2.45) is 11.7 Å². The molecule has 0 saturated heterocycles. The van der Waals surface area contributed by atoms with Crippen LogP contribution in [0, 0.1) is 12.8 Å². The summed E-state index contributed by atoms with van der Waals surface area (Å²) < 4.78 is 11.2. The van der Waals surface area contributed by atoms with Crippen molar-refractivity contribution in [3.05, 3.63) is 11.9 Å². The van der Waals surface area contributed by atoms with Crippen molar-refractivity contribution in [2.45, 2.75) is 32.8 Å². The number of ether oxygens (including phenoxy) is 2. The summed E-state index contributed by atoms with van der Waals surface area (Å²) in [7, 11) is 0. The van der Waals surface area contributed by atoms with Gasteiger partial charge in [-0.1, -0.05) is 0 Å². The van der Waals surface area contributed by atoms with E-state index < -0.39 is 0 Å². The molecule has 1 aromatic heterocycles. The molecule has 17 heavy (non-hydrogen) atoms. The summed E-state index contributed by atoms with van der Waals surface area (Å²) in [5, 5.41) is 0. The number of nitrogens with two attached hydrogens (primary N) is 1. The lowest BCUT2D eigenvalue weighted by Crippen LogP contribution is -2.38. The van der Waals surface area contributed by atoms with Crippen LogP contribution in [0.25, 0.3) is 0 Å². The van der Waals surface area contributed by atoms with E-state index in [4.69, 9.17) is 15.2 Å². The highest BCUT2D eigenvalue weighted by atomic mass is 16.5. The maximum atomic E-state index is 5.81. The minimum Gasteiger partial charge on any atom is -0.478 e. The zero-order valence-electron chi connectivity index (χ0n) is 10.3. The molecule has 0 aliphatic heterocycles. The van der Waals surface area contributed by atoms with E-state index in [1.807, 2.05) is 13.8 Å². The maximum absolute atomic E-state index is 5.81. The lowest BCUT2D eigenvalue weighted by molar-refractivity contribution is 0.0636. The first-order valence-corrected chi connectivity index (χ1v) is 6.05. The van der Waals surface area contributed by atoms with Crippen LogP contribution in [0.5, 0.6) is 11.8 Å². The number of hydrogen-bond acceptors (Lipinski definition) is 5. The Morgan fingerprint density at radius 1 is 1.35 bits per heavy atom. The lowest BCUT2D eigenvalue weighted by Gasteiger charge is -2.34. The largest absolute Gasteiger partial charge is 0.478 e. The molecular weight excluding hydrogens is 218 g/mol. The van der Waals surface area contributed by atoms with E-state index in [0.717, 1.165) is 24.9 Å². The van der Waals surface area contributed by atoms with Crippen LogP contribution >= 0.6 is 0 Å². The first-order chi connectivity index (χ1) is 8.24. The summed E-state index contributed by atoms with van der Waals surface area (Å²) in [5.41, 5.74) is 6.45. The summed E-state index contributed by atoms with van der Waals surface area (Å²) in [6.45, 7) is 5.18. The Bertz CT molecular complexity index is 378. The topological polar surface area (TPSA) is 70.3 Å². The first-order valence-electron chi connectivity index (χ1n) is 6.05. The van der Waals surface area contributed by atoms with E-state index in [9.17, 15) is 0 Å². The van der Waals surface area contributed by atoms with Gasteiger partial charge in [0.1, 0.15) is 12.4 Å². The normalized spacial score (nSPS) is 23.0. The molecule has 1 aliphatic rings. The summed E-state index contributed by atoms with van der Waals surface area (Å²) in [4.78, 5) is 8.23. The van der Waals surface area contributed by atoms with Gasteiger partial charge in [0.2, 0.25) is 11.8 Å². The molecule has 0 spiro atoms. The monoisotopic (exact) mass is 237 g/mol. The van der Waals surface area contributed by atoms with Gasteiger partial charge in [0, 0.05) is 0 Å². The van der Waals surface area contributed by atoms with Crippen molar-refractivity contribution in [2.75, 3.05) is 13.2 Å². The third kappa shape index (κ3) is 2.66. The molecule has 5 nitrogen and oxygen atoms in total. The van der Waals surface area contributed by atoms with E-state index >= 15 is 0 Å². The molecule has 2 N–H and O–H groups in total. The molecule has 1 fully saturated rings. The van der Waals surface area contributed by atoms with Gasteiger partial charge < -0.3 is 15.2 Å². The Labute approximate surface area is 101 Å². The molecule has 0 atom stereocenters. The van der Waals surface area contributed by atoms with Gasteiger partial charge in [-0.25, -0.2) is 9.97 Å². The summed E-state index contributed by atoms with van der Waals surface area (Å²) >= 11 is 0. The van der Waals surface area contributed by atoms with Crippen LogP contribution in [-0.2, 0) is 0 Å². The zero-order chi connectivity index (χ0) is 12.3. The van der Waals surface area contributed by atoms with Crippen molar-refractivity contribution in [3.63, 3.8) is 0 Å². The standard InChI is InChI=1S/C12H19N3O2/c1-3-16-11-8(2)12(15-7-14-11)17-10-4-9(5-10)6-13/h7,9-10H,3-6,13H2,1-2H3. The quantitative estimate of drug-likeness (QED) is 0.835. The molecule has 0 unspecified atom stereocenters. The highest BCUT2D eigenvalue weighted by Crippen LogP contribution is 2.32. The van der Waals surface area contributed by atoms with Gasteiger partial charge in [0.15, 0.2) is 0 Å². The van der Waals surface area contributed by atoms with Crippen LogP contribution in [0.4, 0.5) is 0 Å².